The van der Waals surface area contributed by atoms with E-state index in [1.807, 2.05) is 0 Å². The van der Waals surface area contributed by atoms with Crippen LogP contribution >= 0.6 is 0 Å². The molecule has 2 heterocycles. The highest BCUT2D eigenvalue weighted by atomic mass is 32.2. The van der Waals surface area contributed by atoms with Crippen molar-refractivity contribution in [2.75, 3.05) is 13.1 Å². The highest BCUT2D eigenvalue weighted by molar-refractivity contribution is 7.94. The van der Waals surface area contributed by atoms with Crippen molar-refractivity contribution in [2.45, 2.75) is 42.1 Å². The van der Waals surface area contributed by atoms with Crippen LogP contribution in [0.1, 0.15) is 47.4 Å². The Morgan fingerprint density at radius 3 is 2.71 bits per heavy atom. The molecule has 9 heteroatoms. The number of hydrogen-bond acceptors (Lipinski definition) is 6. The molecule has 0 spiro atoms. The molecule has 1 N–H and O–H groups in total. The van der Waals surface area contributed by atoms with Gasteiger partial charge >= 0.3 is 0 Å². The Bertz CT molecular complexity index is 834. The zero-order chi connectivity index (χ0) is 17.1. The quantitative estimate of drug-likeness (QED) is 0.467. The summed E-state index contributed by atoms with van der Waals surface area (Å²) < 4.78 is 26.1. The smallest absolute Gasteiger partial charge is 0.272 e. The van der Waals surface area contributed by atoms with Crippen LogP contribution in [0, 0.1) is 0 Å². The molecule has 2 aliphatic carbocycles. The molecule has 0 bridgehead atoms. The van der Waals surface area contributed by atoms with Crippen LogP contribution in [0.4, 0.5) is 0 Å². The number of carbonyl (C=O) groups is 1. The van der Waals surface area contributed by atoms with Gasteiger partial charge in [0.15, 0.2) is 9.84 Å². The highest BCUT2D eigenvalue weighted by Gasteiger charge is 2.60. The number of rotatable bonds is 5. The van der Waals surface area contributed by atoms with Gasteiger partial charge in [-0.3, -0.25) is 9.48 Å². The summed E-state index contributed by atoms with van der Waals surface area (Å²) >= 11 is 0. The fourth-order valence-corrected chi connectivity index (χ4v) is 6.13. The average molecular weight is 352 g/mol. The summed E-state index contributed by atoms with van der Waals surface area (Å²) in [6, 6.07) is 0. The number of aryl methyl sites for hydroxylation is 1. The van der Waals surface area contributed by atoms with Crippen LogP contribution in [0.2, 0.25) is 0 Å². The van der Waals surface area contributed by atoms with Gasteiger partial charge in [-0.25, -0.2) is 8.42 Å². The minimum atomic E-state index is -3.14. The maximum absolute atomic E-state index is 12.8. The molecule has 0 radical (unpaired) electrons. The van der Waals surface area contributed by atoms with Crippen molar-refractivity contribution in [3.05, 3.63) is 17.0 Å². The van der Waals surface area contributed by atoms with Gasteiger partial charge in [0.1, 0.15) is 11.4 Å². The normalized spacial score (nSPS) is 22.9. The van der Waals surface area contributed by atoms with Crippen molar-refractivity contribution < 1.29 is 18.4 Å². The molecule has 8 nitrogen and oxygen atoms in total. The standard InChI is InChI=1S/C15H20N4O4S/c1-18-13-11(12(17-18)8-16-21)4-7-19(14(13)20)9-15(5-6-15)24(22,23)10-2-3-10/h8,10,21H,2-7,9H2,1H3/b16-8+. The van der Waals surface area contributed by atoms with Crippen LogP contribution in [0.5, 0.6) is 0 Å². The molecule has 2 fully saturated rings. The zero-order valence-corrected chi connectivity index (χ0v) is 14.3. The number of oxime groups is 1. The third-order valence-corrected chi connectivity index (χ3v) is 8.42. The summed E-state index contributed by atoms with van der Waals surface area (Å²) in [6.07, 6.45) is 4.62. The lowest BCUT2D eigenvalue weighted by Crippen LogP contribution is -2.46. The van der Waals surface area contributed by atoms with Crippen molar-refractivity contribution >= 4 is 22.0 Å². The summed E-state index contributed by atoms with van der Waals surface area (Å²) in [5, 5.41) is 15.7. The summed E-state index contributed by atoms with van der Waals surface area (Å²) in [7, 11) is -1.47. The van der Waals surface area contributed by atoms with Gasteiger partial charge in [-0.15, -0.1) is 0 Å². The second-order valence-electron chi connectivity index (χ2n) is 6.98. The lowest BCUT2D eigenvalue weighted by Gasteiger charge is -2.31. The Kier molecular flexibility index (Phi) is 3.28. The SMILES string of the molecule is Cn1nc(/C=N/O)c2c1C(=O)N(CC1(S(=O)(=O)C3CC3)CC1)CC2. The van der Waals surface area contributed by atoms with Crippen molar-refractivity contribution in [3.8, 4) is 0 Å². The van der Waals surface area contributed by atoms with E-state index in [0.29, 0.717) is 37.2 Å². The Balaban J connectivity index is 1.60. The summed E-state index contributed by atoms with van der Waals surface area (Å²) in [5.74, 6) is -0.193. The van der Waals surface area contributed by atoms with E-state index in [1.165, 1.54) is 10.9 Å². The van der Waals surface area contributed by atoms with E-state index in [1.54, 1.807) is 11.9 Å². The van der Waals surface area contributed by atoms with E-state index in [0.717, 1.165) is 18.4 Å². The van der Waals surface area contributed by atoms with Crippen LogP contribution in [-0.2, 0) is 23.3 Å². The first-order chi connectivity index (χ1) is 11.4. The molecular formula is C15H20N4O4S. The minimum Gasteiger partial charge on any atom is -0.411 e. The largest absolute Gasteiger partial charge is 0.411 e. The summed E-state index contributed by atoms with van der Waals surface area (Å²) in [6.45, 7) is 0.741. The Labute approximate surface area is 140 Å². The topological polar surface area (TPSA) is 105 Å². The lowest BCUT2D eigenvalue weighted by molar-refractivity contribution is 0.0724. The van der Waals surface area contributed by atoms with E-state index in [9.17, 15) is 13.2 Å². The minimum absolute atomic E-state index is 0.193. The first-order valence-electron chi connectivity index (χ1n) is 8.16. The van der Waals surface area contributed by atoms with Gasteiger partial charge in [-0.2, -0.15) is 5.10 Å². The fraction of sp³-hybridized carbons (Fsp3) is 0.667. The van der Waals surface area contributed by atoms with Crippen molar-refractivity contribution in [2.24, 2.45) is 12.2 Å². The molecule has 2 saturated carbocycles. The second kappa shape index (κ2) is 5.05. The molecule has 1 aromatic heterocycles. The first kappa shape index (κ1) is 15.6. The Morgan fingerprint density at radius 2 is 2.12 bits per heavy atom. The van der Waals surface area contributed by atoms with Crippen LogP contribution < -0.4 is 0 Å². The van der Waals surface area contributed by atoms with Gasteiger partial charge in [0.2, 0.25) is 0 Å². The number of amides is 1. The molecule has 24 heavy (non-hydrogen) atoms. The van der Waals surface area contributed by atoms with E-state index < -0.39 is 14.6 Å². The molecule has 0 saturated heterocycles. The van der Waals surface area contributed by atoms with Gasteiger partial charge in [0.05, 0.1) is 16.2 Å². The molecule has 1 aliphatic heterocycles. The number of carbonyl (C=O) groups excluding carboxylic acids is 1. The highest BCUT2D eigenvalue weighted by Crippen LogP contribution is 2.50. The maximum atomic E-state index is 12.8. The second-order valence-corrected chi connectivity index (χ2v) is 9.61. The summed E-state index contributed by atoms with van der Waals surface area (Å²) in [4.78, 5) is 14.5. The van der Waals surface area contributed by atoms with E-state index >= 15 is 0 Å². The maximum Gasteiger partial charge on any atom is 0.272 e. The number of aromatic nitrogens is 2. The number of sulfone groups is 1. The van der Waals surface area contributed by atoms with Gasteiger partial charge < -0.3 is 10.1 Å². The monoisotopic (exact) mass is 352 g/mol. The molecule has 1 aromatic rings. The van der Waals surface area contributed by atoms with Gasteiger partial charge in [0, 0.05) is 25.7 Å². The predicted molar refractivity (Wildman–Crippen MR) is 86.1 cm³/mol. The molecule has 0 atom stereocenters. The van der Waals surface area contributed by atoms with Gasteiger partial charge in [0.25, 0.3) is 5.91 Å². The molecule has 4 rings (SSSR count). The fourth-order valence-electron chi connectivity index (χ4n) is 3.66. The molecule has 1 amide bonds. The van der Waals surface area contributed by atoms with E-state index in [4.69, 9.17) is 5.21 Å². The molecular weight excluding hydrogens is 332 g/mol. The molecule has 3 aliphatic rings. The zero-order valence-electron chi connectivity index (χ0n) is 13.5. The molecule has 130 valence electrons. The average Bonchev–Trinajstić information content (AvgIpc) is 3.42. The van der Waals surface area contributed by atoms with Crippen molar-refractivity contribution in [1.29, 1.82) is 0 Å². The Morgan fingerprint density at radius 1 is 1.42 bits per heavy atom. The van der Waals surface area contributed by atoms with Crippen molar-refractivity contribution in [3.63, 3.8) is 0 Å². The third kappa shape index (κ3) is 2.17. The van der Waals surface area contributed by atoms with Gasteiger partial charge in [-0.05, 0) is 32.1 Å². The number of nitrogens with zero attached hydrogens (tertiary/aromatic N) is 4. The predicted octanol–water partition coefficient (Wildman–Crippen LogP) is 0.336. The number of fused-ring (bicyclic) bond motifs is 1. The molecule has 0 unspecified atom stereocenters. The van der Waals surface area contributed by atoms with Crippen LogP contribution in [0.25, 0.3) is 0 Å². The third-order valence-electron chi connectivity index (χ3n) is 5.33. The van der Waals surface area contributed by atoms with Crippen molar-refractivity contribution in [1.82, 2.24) is 14.7 Å². The van der Waals surface area contributed by atoms with E-state index in [-0.39, 0.29) is 17.7 Å². The van der Waals surface area contributed by atoms with Crippen LogP contribution in [0.3, 0.4) is 0 Å². The van der Waals surface area contributed by atoms with E-state index in [2.05, 4.69) is 10.3 Å². The number of hydrogen-bond donors (Lipinski definition) is 1. The summed E-state index contributed by atoms with van der Waals surface area (Å²) in [5.41, 5.74) is 1.69. The lowest BCUT2D eigenvalue weighted by atomic mass is 10.0. The Hall–Kier alpha value is -1.90. The van der Waals surface area contributed by atoms with Crippen LogP contribution in [0.15, 0.2) is 5.16 Å². The van der Waals surface area contributed by atoms with Gasteiger partial charge in [-0.1, -0.05) is 5.16 Å². The molecule has 0 aromatic carbocycles. The first-order valence-corrected chi connectivity index (χ1v) is 9.70. The van der Waals surface area contributed by atoms with Crippen LogP contribution in [-0.4, -0.2) is 63.5 Å².